The summed E-state index contributed by atoms with van der Waals surface area (Å²) in [4.78, 5) is 25.2. The summed E-state index contributed by atoms with van der Waals surface area (Å²) in [7, 11) is 1.63. The number of ketones is 2. The van der Waals surface area contributed by atoms with Crippen molar-refractivity contribution < 1.29 is 14.3 Å². The topological polar surface area (TPSA) is 43.4 Å². The lowest BCUT2D eigenvalue weighted by Gasteiger charge is -2.52. The highest BCUT2D eigenvalue weighted by Crippen LogP contribution is 2.56. The van der Waals surface area contributed by atoms with Crippen molar-refractivity contribution in [3.8, 4) is 5.75 Å². The number of rotatable bonds is 1. The van der Waals surface area contributed by atoms with Crippen molar-refractivity contribution in [2.45, 2.75) is 59.3 Å². The molecule has 0 aromatic heterocycles. The Hall–Kier alpha value is -1.64. The molecule has 0 saturated heterocycles. The molecule has 126 valence electrons. The Bertz CT molecular complexity index is 630. The smallest absolute Gasteiger partial charge is 0.229 e. The highest BCUT2D eigenvalue weighted by Gasteiger charge is 2.56. The van der Waals surface area contributed by atoms with Crippen LogP contribution in [0.15, 0.2) is 18.2 Å². The molecule has 0 bridgehead atoms. The van der Waals surface area contributed by atoms with Crippen LogP contribution in [0.5, 0.6) is 5.75 Å². The first kappa shape index (κ1) is 17.7. The van der Waals surface area contributed by atoms with E-state index in [1.807, 2.05) is 19.9 Å². The minimum Gasteiger partial charge on any atom is -0.497 e. The van der Waals surface area contributed by atoms with E-state index in [-0.39, 0.29) is 28.3 Å². The molecule has 3 rings (SSSR count). The van der Waals surface area contributed by atoms with Gasteiger partial charge in [-0.25, -0.2) is 0 Å². The predicted octanol–water partition coefficient (Wildman–Crippen LogP) is 4.57. The number of hydrogen-bond donors (Lipinski definition) is 0. The lowest BCUT2D eigenvalue weighted by Crippen LogP contribution is -2.54. The van der Waals surface area contributed by atoms with E-state index < -0.39 is 0 Å². The standard InChI is InChI=1S/C18H22O3.C2H6/c1-17(2)8-5-9-18(3)13-10-11(21-4)6-7-12(13)14(19)15(20)16(17)18;1-2/h6-7,10,16H,5,8-9H2,1-4H3;1-2H3. The van der Waals surface area contributed by atoms with Crippen molar-refractivity contribution in [1.82, 2.24) is 0 Å². The number of carbonyl (C=O) groups is 2. The molecule has 0 heterocycles. The number of methoxy groups -OCH3 is 1. The number of carbonyl (C=O) groups excluding carboxylic acids is 2. The number of Topliss-reactive ketones (excluding diaryl/α,β-unsaturated/α-hetero) is 2. The van der Waals surface area contributed by atoms with E-state index in [1.54, 1.807) is 19.2 Å². The first-order valence-corrected chi connectivity index (χ1v) is 8.58. The second kappa shape index (κ2) is 6.10. The van der Waals surface area contributed by atoms with Gasteiger partial charge >= 0.3 is 0 Å². The Morgan fingerprint density at radius 1 is 1.09 bits per heavy atom. The van der Waals surface area contributed by atoms with Gasteiger partial charge in [-0.05, 0) is 42.0 Å². The zero-order valence-corrected chi connectivity index (χ0v) is 15.2. The van der Waals surface area contributed by atoms with E-state index >= 15 is 0 Å². The lowest BCUT2D eigenvalue weighted by atomic mass is 9.50. The third-order valence-corrected chi connectivity index (χ3v) is 5.51. The second-order valence-electron chi connectivity index (χ2n) is 7.30. The Kier molecular flexibility index (Phi) is 4.70. The van der Waals surface area contributed by atoms with Crippen molar-refractivity contribution in [3.63, 3.8) is 0 Å². The molecule has 1 saturated carbocycles. The molecule has 1 aromatic carbocycles. The van der Waals surface area contributed by atoms with Crippen LogP contribution < -0.4 is 4.74 Å². The molecule has 0 radical (unpaired) electrons. The summed E-state index contributed by atoms with van der Waals surface area (Å²) in [6.07, 6.45) is 3.02. The molecule has 2 atom stereocenters. The van der Waals surface area contributed by atoms with Gasteiger partial charge in [-0.1, -0.05) is 41.0 Å². The zero-order valence-electron chi connectivity index (χ0n) is 15.2. The Morgan fingerprint density at radius 2 is 1.74 bits per heavy atom. The highest BCUT2D eigenvalue weighted by atomic mass is 16.5. The predicted molar refractivity (Wildman–Crippen MR) is 92.2 cm³/mol. The summed E-state index contributed by atoms with van der Waals surface area (Å²) < 4.78 is 5.32. The van der Waals surface area contributed by atoms with Crippen molar-refractivity contribution in [3.05, 3.63) is 29.3 Å². The Labute approximate surface area is 139 Å². The minimum absolute atomic E-state index is 0.138. The molecular formula is C20H28O3. The van der Waals surface area contributed by atoms with Crippen LogP contribution in [0.1, 0.15) is 69.8 Å². The molecule has 1 aromatic rings. The molecule has 3 heteroatoms. The molecule has 0 N–H and O–H groups in total. The van der Waals surface area contributed by atoms with E-state index in [0.29, 0.717) is 5.56 Å². The van der Waals surface area contributed by atoms with E-state index in [1.165, 1.54) is 0 Å². The van der Waals surface area contributed by atoms with Crippen LogP contribution in [0.3, 0.4) is 0 Å². The first-order chi connectivity index (χ1) is 10.8. The van der Waals surface area contributed by atoms with E-state index in [9.17, 15) is 9.59 Å². The van der Waals surface area contributed by atoms with Crippen LogP contribution in [-0.2, 0) is 10.2 Å². The normalized spacial score (nSPS) is 28.2. The fourth-order valence-corrected chi connectivity index (χ4v) is 4.58. The Balaban J connectivity index is 0.000000924. The van der Waals surface area contributed by atoms with Gasteiger partial charge in [0.1, 0.15) is 5.75 Å². The van der Waals surface area contributed by atoms with Crippen LogP contribution in [-0.4, -0.2) is 18.7 Å². The van der Waals surface area contributed by atoms with Crippen LogP contribution in [0.2, 0.25) is 0 Å². The third-order valence-electron chi connectivity index (χ3n) is 5.51. The zero-order chi connectivity index (χ0) is 17.4. The van der Waals surface area contributed by atoms with Gasteiger partial charge in [0.15, 0.2) is 0 Å². The maximum absolute atomic E-state index is 12.7. The summed E-state index contributed by atoms with van der Waals surface area (Å²) in [6.45, 7) is 10.4. The summed E-state index contributed by atoms with van der Waals surface area (Å²) in [6, 6.07) is 5.47. The van der Waals surface area contributed by atoms with Gasteiger partial charge in [-0.3, -0.25) is 9.59 Å². The van der Waals surface area contributed by atoms with Crippen molar-refractivity contribution in [2.24, 2.45) is 11.3 Å². The van der Waals surface area contributed by atoms with Crippen LogP contribution >= 0.6 is 0 Å². The average Bonchev–Trinajstić information content (AvgIpc) is 2.53. The number of hydrogen-bond acceptors (Lipinski definition) is 3. The fourth-order valence-electron chi connectivity index (χ4n) is 4.58. The quantitative estimate of drug-likeness (QED) is 0.713. The van der Waals surface area contributed by atoms with Gasteiger partial charge in [-0.15, -0.1) is 0 Å². The molecule has 0 amide bonds. The van der Waals surface area contributed by atoms with Crippen molar-refractivity contribution in [2.75, 3.05) is 7.11 Å². The van der Waals surface area contributed by atoms with Gasteiger partial charge < -0.3 is 4.74 Å². The number of fused-ring (bicyclic) bond motifs is 3. The van der Waals surface area contributed by atoms with Crippen LogP contribution in [0.4, 0.5) is 0 Å². The van der Waals surface area contributed by atoms with E-state index in [0.717, 1.165) is 30.6 Å². The minimum atomic E-state index is -0.329. The maximum Gasteiger partial charge on any atom is 0.229 e. The fraction of sp³-hybridized carbons (Fsp3) is 0.600. The van der Waals surface area contributed by atoms with Crippen LogP contribution in [0.25, 0.3) is 0 Å². The van der Waals surface area contributed by atoms with Crippen LogP contribution in [0, 0.1) is 11.3 Å². The highest BCUT2D eigenvalue weighted by molar-refractivity contribution is 6.46. The molecule has 0 aliphatic heterocycles. The third kappa shape index (κ3) is 2.60. The Morgan fingerprint density at radius 3 is 2.35 bits per heavy atom. The van der Waals surface area contributed by atoms with Gasteiger partial charge in [0.25, 0.3) is 0 Å². The number of ether oxygens (including phenoxy) is 1. The van der Waals surface area contributed by atoms with Gasteiger partial charge in [-0.2, -0.15) is 0 Å². The average molecular weight is 316 g/mol. The van der Waals surface area contributed by atoms with E-state index in [2.05, 4.69) is 20.8 Å². The molecule has 2 aliphatic carbocycles. The largest absolute Gasteiger partial charge is 0.497 e. The summed E-state index contributed by atoms with van der Waals surface area (Å²) >= 11 is 0. The van der Waals surface area contributed by atoms with Crippen molar-refractivity contribution >= 4 is 11.6 Å². The summed E-state index contributed by atoms with van der Waals surface area (Å²) in [5.41, 5.74) is 1.15. The van der Waals surface area contributed by atoms with Gasteiger partial charge in [0.2, 0.25) is 11.6 Å². The molecule has 2 unspecified atom stereocenters. The van der Waals surface area contributed by atoms with Gasteiger partial charge in [0.05, 0.1) is 7.11 Å². The van der Waals surface area contributed by atoms with E-state index in [4.69, 9.17) is 4.74 Å². The molecule has 3 nitrogen and oxygen atoms in total. The number of benzene rings is 1. The first-order valence-electron chi connectivity index (χ1n) is 8.58. The summed E-state index contributed by atoms with van der Waals surface area (Å²) in [5, 5.41) is 0. The molecular weight excluding hydrogens is 288 g/mol. The van der Waals surface area contributed by atoms with Crippen molar-refractivity contribution in [1.29, 1.82) is 0 Å². The lowest BCUT2D eigenvalue weighted by molar-refractivity contribution is -0.128. The molecule has 2 aliphatic rings. The molecule has 0 spiro atoms. The maximum atomic E-state index is 12.7. The molecule has 1 fully saturated rings. The monoisotopic (exact) mass is 316 g/mol. The summed E-state index contributed by atoms with van der Waals surface area (Å²) in [5.74, 6) is -0.0184. The van der Waals surface area contributed by atoms with Gasteiger partial charge in [0, 0.05) is 16.9 Å². The molecule has 23 heavy (non-hydrogen) atoms. The second-order valence-corrected chi connectivity index (χ2v) is 7.30. The SMILES string of the molecule is CC.COc1ccc2c(c1)C1(C)CCCC(C)(C)C1C(=O)C2=O.